The maximum atomic E-state index is 13.5. The predicted octanol–water partition coefficient (Wildman–Crippen LogP) is 4.16. The molecule has 7 heteroatoms. The molecule has 0 radical (unpaired) electrons. The van der Waals surface area contributed by atoms with E-state index >= 15 is 0 Å². The van der Waals surface area contributed by atoms with E-state index in [1.165, 1.54) is 4.90 Å². The van der Waals surface area contributed by atoms with Crippen LogP contribution in [-0.4, -0.2) is 36.6 Å². The zero-order chi connectivity index (χ0) is 23.0. The van der Waals surface area contributed by atoms with Gasteiger partial charge < -0.3 is 19.5 Å². The van der Waals surface area contributed by atoms with Crippen LogP contribution in [-0.2, 0) is 16.8 Å². The Labute approximate surface area is 196 Å². The summed E-state index contributed by atoms with van der Waals surface area (Å²) < 4.78 is 11.1. The molecule has 5 rings (SSSR count). The van der Waals surface area contributed by atoms with Gasteiger partial charge in [-0.15, -0.1) is 0 Å². The van der Waals surface area contributed by atoms with Gasteiger partial charge in [0.25, 0.3) is 5.91 Å². The lowest BCUT2D eigenvalue weighted by Crippen LogP contribution is -2.42. The second-order valence-corrected chi connectivity index (χ2v) is 8.61. The van der Waals surface area contributed by atoms with Gasteiger partial charge >= 0.3 is 0 Å². The van der Waals surface area contributed by atoms with Gasteiger partial charge in [-0.3, -0.25) is 9.59 Å². The molecule has 0 unspecified atom stereocenters. The van der Waals surface area contributed by atoms with Gasteiger partial charge in [0, 0.05) is 22.7 Å². The minimum atomic E-state index is -2.00. The number of anilines is 1. The molecule has 0 saturated heterocycles. The van der Waals surface area contributed by atoms with Gasteiger partial charge in [0.05, 0.1) is 12.1 Å². The molecule has 0 aromatic heterocycles. The normalized spacial score (nSPS) is 18.8. The van der Waals surface area contributed by atoms with E-state index in [1.807, 2.05) is 30.3 Å². The largest absolute Gasteiger partial charge is 0.486 e. The van der Waals surface area contributed by atoms with E-state index in [4.69, 9.17) is 21.1 Å². The zero-order valence-corrected chi connectivity index (χ0v) is 18.5. The summed E-state index contributed by atoms with van der Waals surface area (Å²) in [7, 11) is 0. The summed E-state index contributed by atoms with van der Waals surface area (Å²) in [5.74, 6) is 0.141. The Bertz CT molecular complexity index is 1230. The first-order valence-corrected chi connectivity index (χ1v) is 11.1. The van der Waals surface area contributed by atoms with Crippen molar-refractivity contribution in [3.8, 4) is 11.5 Å². The second kappa shape index (κ2) is 8.54. The van der Waals surface area contributed by atoms with E-state index in [9.17, 15) is 14.7 Å². The third-order valence-electron chi connectivity index (χ3n) is 6.04. The topological polar surface area (TPSA) is 76.1 Å². The number of carbonyl (C=O) groups excluding carboxylic acids is 2. The molecule has 0 spiro atoms. The van der Waals surface area contributed by atoms with Gasteiger partial charge in [0.1, 0.15) is 13.2 Å². The average Bonchev–Trinajstić information content (AvgIpc) is 3.04. The van der Waals surface area contributed by atoms with Gasteiger partial charge in [0.2, 0.25) is 0 Å². The smallest absolute Gasteiger partial charge is 0.264 e. The third kappa shape index (κ3) is 3.96. The summed E-state index contributed by atoms with van der Waals surface area (Å²) in [5, 5.41) is 11.9. The molecule has 3 aromatic carbocycles. The highest BCUT2D eigenvalue weighted by Crippen LogP contribution is 2.44. The highest BCUT2D eigenvalue weighted by molar-refractivity contribution is 6.31. The van der Waals surface area contributed by atoms with E-state index in [1.54, 1.807) is 36.4 Å². The van der Waals surface area contributed by atoms with Crippen LogP contribution in [0.3, 0.4) is 0 Å². The van der Waals surface area contributed by atoms with Gasteiger partial charge in [0.15, 0.2) is 22.9 Å². The van der Waals surface area contributed by atoms with Gasteiger partial charge in [-0.25, -0.2) is 0 Å². The Kier molecular flexibility index (Phi) is 5.56. The molecule has 1 amide bonds. The number of rotatable bonds is 6. The summed E-state index contributed by atoms with van der Waals surface area (Å²) in [5.41, 5.74) is 0.327. The van der Waals surface area contributed by atoms with Crippen LogP contribution in [0.5, 0.6) is 11.5 Å². The van der Waals surface area contributed by atoms with Gasteiger partial charge in [-0.05, 0) is 48.4 Å². The lowest BCUT2D eigenvalue weighted by Gasteiger charge is -2.23. The van der Waals surface area contributed by atoms with Crippen molar-refractivity contribution in [3.05, 3.63) is 88.4 Å². The van der Waals surface area contributed by atoms with Crippen LogP contribution in [0.4, 0.5) is 5.69 Å². The van der Waals surface area contributed by atoms with Crippen molar-refractivity contribution in [2.45, 2.75) is 18.4 Å². The molecule has 2 aliphatic heterocycles. The average molecular weight is 464 g/mol. The van der Waals surface area contributed by atoms with E-state index in [0.29, 0.717) is 59.5 Å². The fourth-order valence-corrected chi connectivity index (χ4v) is 4.52. The highest BCUT2D eigenvalue weighted by Gasteiger charge is 2.51. The van der Waals surface area contributed by atoms with Crippen molar-refractivity contribution in [2.75, 3.05) is 24.7 Å². The molecule has 168 valence electrons. The molecule has 2 heterocycles. The predicted molar refractivity (Wildman–Crippen MR) is 124 cm³/mol. The number of amides is 1. The van der Waals surface area contributed by atoms with E-state index in [-0.39, 0.29) is 5.78 Å². The summed E-state index contributed by atoms with van der Waals surface area (Å²) in [6.45, 7) is 1.22. The maximum Gasteiger partial charge on any atom is 0.264 e. The molecule has 1 N–H and O–H groups in total. The van der Waals surface area contributed by atoms with Crippen LogP contribution in [0.15, 0.2) is 66.7 Å². The number of nitrogens with zero attached hydrogens (tertiary/aromatic N) is 1. The van der Waals surface area contributed by atoms with Gasteiger partial charge in [-0.1, -0.05) is 41.9 Å². The summed E-state index contributed by atoms with van der Waals surface area (Å²) >= 11 is 6.20. The Hall–Kier alpha value is -3.35. The minimum absolute atomic E-state index is 0.340. The van der Waals surface area contributed by atoms with Crippen molar-refractivity contribution in [1.29, 1.82) is 0 Å². The summed E-state index contributed by atoms with van der Waals surface area (Å²) in [6, 6.07) is 19.6. The van der Waals surface area contributed by atoms with Crippen LogP contribution >= 0.6 is 11.6 Å². The maximum absolute atomic E-state index is 13.5. The Morgan fingerprint density at radius 3 is 2.55 bits per heavy atom. The van der Waals surface area contributed by atoms with Gasteiger partial charge in [-0.2, -0.15) is 0 Å². The standard InChI is InChI=1S/C26H22ClNO5/c27-19-7-8-21-20(15-19)26(31,25(30)28(21)11-10-17-4-2-1-3-5-17)16-22(29)18-6-9-23-24(14-18)33-13-12-32-23/h1-9,14-15,31H,10-13,16H2/t26-/m1/s1. The molecular weight excluding hydrogens is 442 g/mol. The minimum Gasteiger partial charge on any atom is -0.486 e. The van der Waals surface area contributed by atoms with Crippen molar-refractivity contribution < 1.29 is 24.2 Å². The second-order valence-electron chi connectivity index (χ2n) is 8.17. The van der Waals surface area contributed by atoms with Crippen molar-refractivity contribution in [1.82, 2.24) is 0 Å². The SMILES string of the molecule is O=C(C[C@]1(O)C(=O)N(CCc2ccccc2)c2ccc(Cl)cc21)c1ccc2c(c1)OCCO2. The monoisotopic (exact) mass is 463 g/mol. The molecule has 2 aliphatic rings. The quantitative estimate of drug-likeness (QED) is 0.555. The molecule has 33 heavy (non-hydrogen) atoms. The molecule has 0 bridgehead atoms. The lowest BCUT2D eigenvalue weighted by atomic mass is 9.88. The molecule has 0 saturated carbocycles. The summed E-state index contributed by atoms with van der Waals surface area (Å²) in [6.07, 6.45) is 0.210. The number of ether oxygens (including phenoxy) is 2. The fraction of sp³-hybridized carbons (Fsp3) is 0.231. The highest BCUT2D eigenvalue weighted by atomic mass is 35.5. The number of ketones is 1. The van der Waals surface area contributed by atoms with E-state index in [0.717, 1.165) is 5.56 Å². The number of benzene rings is 3. The Morgan fingerprint density at radius 2 is 1.76 bits per heavy atom. The van der Waals surface area contributed by atoms with E-state index in [2.05, 4.69) is 0 Å². The number of carbonyl (C=O) groups is 2. The number of fused-ring (bicyclic) bond motifs is 2. The third-order valence-corrected chi connectivity index (χ3v) is 6.28. The molecule has 1 atom stereocenters. The Morgan fingerprint density at radius 1 is 1.00 bits per heavy atom. The van der Waals surface area contributed by atoms with Crippen LogP contribution in [0, 0.1) is 0 Å². The fourth-order valence-electron chi connectivity index (χ4n) is 4.35. The van der Waals surface area contributed by atoms with Crippen molar-refractivity contribution in [2.24, 2.45) is 0 Å². The van der Waals surface area contributed by atoms with E-state index < -0.39 is 17.9 Å². The first-order valence-electron chi connectivity index (χ1n) is 10.8. The van der Waals surface area contributed by atoms with Crippen molar-refractivity contribution >= 4 is 29.0 Å². The number of hydrogen-bond donors (Lipinski definition) is 1. The first-order chi connectivity index (χ1) is 16.0. The molecular formula is C26H22ClNO5. The number of aliphatic hydroxyl groups is 1. The van der Waals surface area contributed by atoms with Crippen LogP contribution in [0.25, 0.3) is 0 Å². The molecule has 0 fully saturated rings. The number of halogens is 1. The molecule has 6 nitrogen and oxygen atoms in total. The molecule has 0 aliphatic carbocycles. The lowest BCUT2D eigenvalue weighted by molar-refractivity contribution is -0.135. The first kappa shape index (κ1) is 21.5. The summed E-state index contributed by atoms with van der Waals surface area (Å²) in [4.78, 5) is 28.1. The van der Waals surface area contributed by atoms with Crippen LogP contribution in [0.2, 0.25) is 5.02 Å². The zero-order valence-electron chi connectivity index (χ0n) is 17.8. The molecule has 3 aromatic rings. The number of hydrogen-bond acceptors (Lipinski definition) is 5. The van der Waals surface area contributed by atoms with Crippen LogP contribution in [0.1, 0.15) is 27.9 Å². The van der Waals surface area contributed by atoms with Crippen LogP contribution < -0.4 is 14.4 Å². The van der Waals surface area contributed by atoms with Crippen molar-refractivity contribution in [3.63, 3.8) is 0 Å². The Balaban J connectivity index is 1.43. The number of Topliss-reactive ketones (excluding diaryl/α,β-unsaturated/α-hetero) is 1.